The van der Waals surface area contributed by atoms with Crippen LogP contribution < -0.4 is 14.4 Å². The number of aryl methyl sites for hydroxylation is 1. The van der Waals surface area contributed by atoms with Crippen LogP contribution in [0.3, 0.4) is 0 Å². The van der Waals surface area contributed by atoms with Crippen LogP contribution in [0.15, 0.2) is 41.3 Å². The number of carbonyl (C=O) groups excluding carboxylic acids is 1. The van der Waals surface area contributed by atoms with Gasteiger partial charge in [0.2, 0.25) is 5.91 Å². The summed E-state index contributed by atoms with van der Waals surface area (Å²) in [6, 6.07) is 12.0. The molecule has 7 nitrogen and oxygen atoms in total. The summed E-state index contributed by atoms with van der Waals surface area (Å²) in [4.78, 5) is 23.8. The Labute approximate surface area is 221 Å². The first-order valence-electron chi connectivity index (χ1n) is 12.4. The zero-order valence-corrected chi connectivity index (χ0v) is 23.0. The van der Waals surface area contributed by atoms with Gasteiger partial charge in [0.15, 0.2) is 5.13 Å². The number of thioether (sulfide) groups is 1. The van der Waals surface area contributed by atoms with Gasteiger partial charge < -0.3 is 14.2 Å². The molecular formula is C27H35N3O4S2. The standard InChI is InChI=1S/C27H35N3O4S2/c1-20-7-12-23(33-3)25-26(20)36-27(28-25)30(14-5-13-29-15-17-34-18-16-29)24(31)6-4-19-35-22-10-8-21(32-2)9-11-22/h7-12H,4-6,13-19H2,1-3H3. The highest BCUT2D eigenvalue weighted by atomic mass is 32.2. The fourth-order valence-electron chi connectivity index (χ4n) is 4.20. The van der Waals surface area contributed by atoms with E-state index in [9.17, 15) is 4.79 Å². The number of hydrogen-bond acceptors (Lipinski definition) is 8. The number of amides is 1. The van der Waals surface area contributed by atoms with Crippen molar-refractivity contribution in [2.75, 3.05) is 64.3 Å². The monoisotopic (exact) mass is 529 g/mol. The number of thiazole rings is 1. The Hall–Kier alpha value is -2.33. The molecule has 36 heavy (non-hydrogen) atoms. The Morgan fingerprint density at radius 1 is 1.11 bits per heavy atom. The maximum absolute atomic E-state index is 13.4. The maximum atomic E-state index is 13.4. The van der Waals surface area contributed by atoms with Crippen molar-refractivity contribution >= 4 is 44.4 Å². The van der Waals surface area contributed by atoms with Gasteiger partial charge in [0, 0.05) is 37.5 Å². The van der Waals surface area contributed by atoms with E-state index in [0.717, 1.165) is 83.9 Å². The summed E-state index contributed by atoms with van der Waals surface area (Å²) < 4.78 is 17.3. The first-order chi connectivity index (χ1) is 17.6. The number of hydrogen-bond donors (Lipinski definition) is 0. The molecule has 9 heteroatoms. The van der Waals surface area contributed by atoms with Crippen LogP contribution in [0.1, 0.15) is 24.8 Å². The fourth-order valence-corrected chi connectivity index (χ4v) is 6.15. The number of benzene rings is 2. The van der Waals surface area contributed by atoms with Gasteiger partial charge >= 0.3 is 0 Å². The highest BCUT2D eigenvalue weighted by Gasteiger charge is 2.22. The van der Waals surface area contributed by atoms with Gasteiger partial charge in [-0.1, -0.05) is 17.4 Å². The van der Waals surface area contributed by atoms with Gasteiger partial charge in [-0.2, -0.15) is 0 Å². The number of carbonyl (C=O) groups is 1. The quantitative estimate of drug-likeness (QED) is 0.235. The summed E-state index contributed by atoms with van der Waals surface area (Å²) in [6.07, 6.45) is 2.20. The minimum Gasteiger partial charge on any atom is -0.497 e. The number of aromatic nitrogens is 1. The van der Waals surface area contributed by atoms with Gasteiger partial charge in [-0.25, -0.2) is 4.98 Å². The molecule has 0 atom stereocenters. The van der Waals surface area contributed by atoms with Crippen LogP contribution in [0.25, 0.3) is 10.2 Å². The molecule has 0 radical (unpaired) electrons. The molecule has 0 unspecified atom stereocenters. The summed E-state index contributed by atoms with van der Waals surface area (Å²) in [6.45, 7) is 7.15. The van der Waals surface area contributed by atoms with Crippen molar-refractivity contribution in [3.63, 3.8) is 0 Å². The molecule has 1 aliphatic heterocycles. The molecule has 1 aliphatic rings. The molecule has 0 saturated carbocycles. The average molecular weight is 530 g/mol. The highest BCUT2D eigenvalue weighted by molar-refractivity contribution is 7.99. The second-order valence-electron chi connectivity index (χ2n) is 8.74. The van der Waals surface area contributed by atoms with E-state index in [0.29, 0.717) is 13.0 Å². The van der Waals surface area contributed by atoms with E-state index >= 15 is 0 Å². The summed E-state index contributed by atoms with van der Waals surface area (Å²) in [5, 5.41) is 0.757. The Bertz CT molecular complexity index is 1130. The van der Waals surface area contributed by atoms with E-state index in [2.05, 4.69) is 24.0 Å². The first-order valence-corrected chi connectivity index (χ1v) is 14.2. The molecule has 1 fully saturated rings. The highest BCUT2D eigenvalue weighted by Crippen LogP contribution is 2.36. The molecule has 0 spiro atoms. The number of nitrogens with zero attached hydrogens (tertiary/aromatic N) is 3. The number of ether oxygens (including phenoxy) is 3. The molecule has 2 heterocycles. The lowest BCUT2D eigenvalue weighted by Crippen LogP contribution is -2.39. The van der Waals surface area contributed by atoms with Crippen molar-refractivity contribution < 1.29 is 19.0 Å². The van der Waals surface area contributed by atoms with E-state index in [1.165, 1.54) is 4.90 Å². The normalized spacial score (nSPS) is 14.2. The summed E-state index contributed by atoms with van der Waals surface area (Å²) in [5.41, 5.74) is 1.98. The van der Waals surface area contributed by atoms with Crippen LogP contribution >= 0.6 is 23.1 Å². The Morgan fingerprint density at radius 3 is 2.61 bits per heavy atom. The van der Waals surface area contributed by atoms with Gasteiger partial charge in [0.25, 0.3) is 0 Å². The predicted molar refractivity (Wildman–Crippen MR) is 148 cm³/mol. The van der Waals surface area contributed by atoms with Gasteiger partial charge in [-0.15, -0.1) is 11.8 Å². The summed E-state index contributed by atoms with van der Waals surface area (Å²) >= 11 is 3.34. The molecule has 1 saturated heterocycles. The zero-order valence-electron chi connectivity index (χ0n) is 21.3. The van der Waals surface area contributed by atoms with Crippen LogP contribution in [-0.4, -0.2) is 75.2 Å². The van der Waals surface area contributed by atoms with Crippen molar-refractivity contribution in [2.24, 2.45) is 0 Å². The predicted octanol–water partition coefficient (Wildman–Crippen LogP) is 5.25. The largest absolute Gasteiger partial charge is 0.497 e. The van der Waals surface area contributed by atoms with Crippen molar-refractivity contribution in [1.29, 1.82) is 0 Å². The fraction of sp³-hybridized carbons (Fsp3) is 0.481. The number of methoxy groups -OCH3 is 2. The smallest absolute Gasteiger partial charge is 0.228 e. The van der Waals surface area contributed by atoms with E-state index in [4.69, 9.17) is 19.2 Å². The van der Waals surface area contributed by atoms with Gasteiger partial charge in [0.1, 0.15) is 17.0 Å². The lowest BCUT2D eigenvalue weighted by Gasteiger charge is -2.27. The Kier molecular flexibility index (Phi) is 9.86. The third-order valence-electron chi connectivity index (χ3n) is 6.27. The third kappa shape index (κ3) is 6.91. The molecule has 0 N–H and O–H groups in total. The molecule has 0 bridgehead atoms. The first kappa shape index (κ1) is 26.7. The molecule has 194 valence electrons. The van der Waals surface area contributed by atoms with Crippen LogP contribution in [0, 0.1) is 6.92 Å². The third-order valence-corrected chi connectivity index (χ3v) is 8.58. The van der Waals surface area contributed by atoms with E-state index in [1.54, 1.807) is 37.3 Å². The van der Waals surface area contributed by atoms with Crippen LogP contribution in [0.2, 0.25) is 0 Å². The van der Waals surface area contributed by atoms with Crippen molar-refractivity contribution in [3.05, 3.63) is 42.0 Å². The van der Waals surface area contributed by atoms with E-state index < -0.39 is 0 Å². The van der Waals surface area contributed by atoms with Crippen molar-refractivity contribution in [2.45, 2.75) is 31.1 Å². The van der Waals surface area contributed by atoms with E-state index in [1.807, 2.05) is 29.2 Å². The summed E-state index contributed by atoms with van der Waals surface area (Å²) in [7, 11) is 3.33. The second kappa shape index (κ2) is 13.3. The topological polar surface area (TPSA) is 64.1 Å². The van der Waals surface area contributed by atoms with Crippen LogP contribution in [0.4, 0.5) is 5.13 Å². The molecule has 0 aliphatic carbocycles. The number of rotatable bonds is 12. The Morgan fingerprint density at radius 2 is 1.89 bits per heavy atom. The zero-order chi connectivity index (χ0) is 25.3. The molecule has 3 aromatic rings. The van der Waals surface area contributed by atoms with Crippen molar-refractivity contribution in [3.8, 4) is 11.5 Å². The van der Waals surface area contributed by atoms with Crippen LogP contribution in [-0.2, 0) is 9.53 Å². The SMILES string of the molecule is COc1ccc(SCCCC(=O)N(CCCN2CCOCC2)c2nc3c(OC)ccc(C)c3s2)cc1. The number of morpholine rings is 1. The molecule has 1 aromatic heterocycles. The summed E-state index contributed by atoms with van der Waals surface area (Å²) in [5.74, 6) is 2.61. The van der Waals surface area contributed by atoms with Gasteiger partial charge in [-0.3, -0.25) is 14.6 Å². The van der Waals surface area contributed by atoms with Gasteiger partial charge in [-0.05, 0) is 61.4 Å². The lowest BCUT2D eigenvalue weighted by atomic mass is 10.2. The maximum Gasteiger partial charge on any atom is 0.228 e. The number of fused-ring (bicyclic) bond motifs is 1. The van der Waals surface area contributed by atoms with E-state index in [-0.39, 0.29) is 5.91 Å². The second-order valence-corrected chi connectivity index (χ2v) is 10.9. The molecule has 4 rings (SSSR count). The molecular weight excluding hydrogens is 494 g/mol. The van der Waals surface area contributed by atoms with Gasteiger partial charge in [0.05, 0.1) is 32.1 Å². The Balaban J connectivity index is 1.41. The minimum atomic E-state index is 0.128. The minimum absolute atomic E-state index is 0.128. The van der Waals surface area contributed by atoms with Crippen LogP contribution in [0.5, 0.6) is 11.5 Å². The molecule has 1 amide bonds. The number of anilines is 1. The van der Waals surface area contributed by atoms with Crippen molar-refractivity contribution in [1.82, 2.24) is 9.88 Å². The molecule has 2 aromatic carbocycles. The average Bonchev–Trinajstić information content (AvgIpc) is 3.36. The lowest BCUT2D eigenvalue weighted by molar-refractivity contribution is -0.118.